The number of aliphatic hydroxyl groups excluding tert-OH is 2. The Labute approximate surface area is 335 Å². The number of amidine groups is 1. The Kier molecular flexibility index (Phi) is 14.5. The second-order valence-electron chi connectivity index (χ2n) is 13.8. The summed E-state index contributed by atoms with van der Waals surface area (Å²) in [6.45, 7) is 1.24. The molecule has 13 unspecified atom stereocenters. The van der Waals surface area contributed by atoms with Gasteiger partial charge in [0, 0.05) is 19.0 Å². The van der Waals surface area contributed by atoms with Crippen molar-refractivity contribution in [2.24, 2.45) is 33.7 Å². The smallest absolute Gasteiger partial charge is 0.407 e. The van der Waals surface area contributed by atoms with Crippen molar-refractivity contribution in [2.45, 2.75) is 92.9 Å². The van der Waals surface area contributed by atoms with Gasteiger partial charge in [0.05, 0.1) is 37.2 Å². The number of rotatable bonds is 14. The highest BCUT2D eigenvalue weighted by atomic mass is 16.7. The van der Waals surface area contributed by atoms with Gasteiger partial charge in [-0.15, -0.1) is 0 Å². The van der Waals surface area contributed by atoms with Crippen molar-refractivity contribution in [2.75, 3.05) is 19.8 Å². The average molecular weight is 836 g/mol. The molecule has 26 nitrogen and oxygen atoms in total. The van der Waals surface area contributed by atoms with E-state index in [-0.39, 0.29) is 31.3 Å². The minimum Gasteiger partial charge on any atom is -0.462 e. The number of nitrogens with zero attached hydrogens (tertiary/aromatic N) is 1. The van der Waals surface area contributed by atoms with Gasteiger partial charge in [-0.2, -0.15) is 0 Å². The van der Waals surface area contributed by atoms with Gasteiger partial charge in [-0.05, 0) is 30.7 Å². The SMILES string of the molecule is CC1OC(Oc2ccc(/C=C/C(=O)NCCC(=N)N)cc2)C(N=C(N)N)C(O)C1NC(=O)NC1OCC(OC2OCC3OC(=O)NC3C2NC(N)=O)C(O)C1NC(N)=O. The quantitative estimate of drug-likeness (QED) is 0.0474. The molecule has 0 bridgehead atoms. The molecule has 13 atom stereocenters. The van der Waals surface area contributed by atoms with E-state index in [2.05, 4.69) is 36.9 Å². The molecule has 1 aromatic carbocycles. The van der Waals surface area contributed by atoms with Gasteiger partial charge in [0.25, 0.3) is 0 Å². The number of benzene rings is 1. The minimum absolute atomic E-state index is 0.0427. The van der Waals surface area contributed by atoms with Gasteiger partial charge in [-0.3, -0.25) is 10.2 Å². The molecule has 0 saturated carbocycles. The number of nitrogens with one attached hydrogen (secondary N) is 7. The van der Waals surface area contributed by atoms with Crippen LogP contribution in [0.25, 0.3) is 6.08 Å². The first kappa shape index (κ1) is 43.9. The van der Waals surface area contributed by atoms with Crippen LogP contribution in [0.15, 0.2) is 35.3 Å². The fraction of sp³-hybridized carbons (Fsp3) is 0.545. The van der Waals surface area contributed by atoms with Gasteiger partial charge in [-0.25, -0.2) is 24.2 Å². The molecule has 4 saturated heterocycles. The van der Waals surface area contributed by atoms with Crippen molar-refractivity contribution in [3.63, 3.8) is 0 Å². The highest BCUT2D eigenvalue weighted by molar-refractivity contribution is 5.92. The lowest BCUT2D eigenvalue weighted by Gasteiger charge is -2.44. The van der Waals surface area contributed by atoms with Crippen molar-refractivity contribution < 1.29 is 62.6 Å². The third-order valence-electron chi connectivity index (χ3n) is 9.46. The van der Waals surface area contributed by atoms with E-state index in [1.165, 1.54) is 6.08 Å². The summed E-state index contributed by atoms with van der Waals surface area (Å²) in [6, 6.07) is -2.21. The number of carbonyl (C=O) groups is 5. The average Bonchev–Trinajstić information content (AvgIpc) is 3.55. The van der Waals surface area contributed by atoms with Crippen LogP contribution < -0.4 is 65.3 Å². The molecule has 19 N–H and O–H groups in total. The van der Waals surface area contributed by atoms with Crippen LogP contribution in [0.3, 0.4) is 0 Å². The van der Waals surface area contributed by atoms with Gasteiger partial charge in [0.15, 0.2) is 18.5 Å². The fourth-order valence-corrected chi connectivity index (χ4v) is 6.70. The van der Waals surface area contributed by atoms with E-state index in [1.807, 2.05) is 0 Å². The Balaban J connectivity index is 1.20. The first-order chi connectivity index (χ1) is 28.0. The molecule has 4 heterocycles. The normalized spacial score (nSPS) is 32.6. The Morgan fingerprint density at radius 1 is 0.932 bits per heavy atom. The fourth-order valence-electron chi connectivity index (χ4n) is 6.70. The number of ether oxygens (including phenoxy) is 6. The second-order valence-corrected chi connectivity index (χ2v) is 13.8. The number of aliphatic imine (C=N–C) groups is 1. The van der Waals surface area contributed by atoms with E-state index in [4.69, 9.17) is 62.5 Å². The molecule has 8 amide bonds. The zero-order chi connectivity index (χ0) is 43.0. The first-order valence-corrected chi connectivity index (χ1v) is 18.2. The molecular weight excluding hydrogens is 786 g/mol. The molecule has 4 aliphatic heterocycles. The lowest BCUT2D eigenvalue weighted by atomic mass is 9.95. The molecule has 324 valence electrons. The van der Waals surface area contributed by atoms with E-state index in [1.54, 1.807) is 37.3 Å². The summed E-state index contributed by atoms with van der Waals surface area (Å²) >= 11 is 0. The Hall–Kier alpha value is -6.19. The van der Waals surface area contributed by atoms with E-state index in [0.29, 0.717) is 11.3 Å². The summed E-state index contributed by atoms with van der Waals surface area (Å²) in [5.74, 6) is -0.536. The largest absolute Gasteiger partial charge is 0.462 e. The number of nitrogens with two attached hydrogens (primary N) is 5. The summed E-state index contributed by atoms with van der Waals surface area (Å²) < 4.78 is 34.5. The van der Waals surface area contributed by atoms with E-state index in [0.717, 1.165) is 0 Å². The monoisotopic (exact) mass is 835 g/mol. The molecule has 59 heavy (non-hydrogen) atoms. The van der Waals surface area contributed by atoms with Gasteiger partial charge < -0.3 is 99.2 Å². The van der Waals surface area contributed by atoms with Crippen molar-refractivity contribution >= 4 is 48.0 Å². The van der Waals surface area contributed by atoms with Crippen LogP contribution in [-0.4, -0.2) is 151 Å². The van der Waals surface area contributed by atoms with Crippen molar-refractivity contribution in [1.29, 1.82) is 5.41 Å². The Morgan fingerprint density at radius 3 is 2.29 bits per heavy atom. The number of carbonyl (C=O) groups excluding carboxylic acids is 5. The van der Waals surface area contributed by atoms with Gasteiger partial charge >= 0.3 is 24.2 Å². The topological polar surface area (TPSA) is 420 Å². The number of alkyl carbamates (subject to hydrolysis) is 1. The lowest BCUT2D eigenvalue weighted by Crippen LogP contribution is -2.70. The standard InChI is InChI=1S/C33H49N13O13/c1-12-19(25(49)23(41-29(36)37)28(56-12)57-14-5-2-13(3-6-14)4-7-18(47)40-9-8-17(34)35)44-32(52)46-26-22(43-31(39)51)24(48)16(11-54-26)58-27-21(42-30(38)50)20-15(10-55-27)59-33(53)45-20/h2-7,12,15-16,19-28,48-49H,8-11H2,1H3,(H3,34,35)(H,40,47)(H,45,53)(H4,36,37,41)(H3,38,42,50)(H3,39,43,51)(H2,44,46,52)/b7-4+. The molecule has 1 aromatic rings. The number of primary amides is 2. The maximum absolute atomic E-state index is 13.4. The summed E-state index contributed by atoms with van der Waals surface area (Å²) in [6.07, 6.45) is -7.64. The molecule has 26 heteroatoms. The van der Waals surface area contributed by atoms with E-state index in [9.17, 15) is 34.2 Å². The number of aliphatic hydroxyl groups is 2. The predicted molar refractivity (Wildman–Crippen MR) is 202 cm³/mol. The van der Waals surface area contributed by atoms with Crippen molar-refractivity contribution in [1.82, 2.24) is 31.9 Å². The van der Waals surface area contributed by atoms with E-state index < -0.39 is 116 Å². The van der Waals surface area contributed by atoms with Crippen LogP contribution in [0.1, 0.15) is 18.9 Å². The molecule has 5 rings (SSSR count). The zero-order valence-corrected chi connectivity index (χ0v) is 31.5. The number of amides is 8. The summed E-state index contributed by atoms with van der Waals surface area (Å²) in [5.41, 5.74) is 28.0. The Morgan fingerprint density at radius 2 is 1.63 bits per heavy atom. The Bertz CT molecular complexity index is 1770. The lowest BCUT2D eigenvalue weighted by molar-refractivity contribution is -0.260. The molecule has 0 spiro atoms. The van der Waals surface area contributed by atoms with Crippen molar-refractivity contribution in [3.05, 3.63) is 35.9 Å². The maximum Gasteiger partial charge on any atom is 0.407 e. The highest BCUT2D eigenvalue weighted by Gasteiger charge is 2.51. The number of hydrogen-bond acceptors (Lipinski definition) is 15. The zero-order valence-electron chi connectivity index (χ0n) is 31.5. The van der Waals surface area contributed by atoms with Crippen LogP contribution >= 0.6 is 0 Å². The number of urea groups is 3. The van der Waals surface area contributed by atoms with Crippen molar-refractivity contribution in [3.8, 4) is 5.75 Å². The van der Waals surface area contributed by atoms with Crippen LogP contribution in [0.5, 0.6) is 5.75 Å². The van der Waals surface area contributed by atoms with E-state index >= 15 is 0 Å². The summed E-state index contributed by atoms with van der Waals surface area (Å²) in [7, 11) is 0. The highest BCUT2D eigenvalue weighted by Crippen LogP contribution is 2.29. The number of guanidine groups is 1. The summed E-state index contributed by atoms with van der Waals surface area (Å²) in [5, 5.41) is 44.9. The molecule has 4 fully saturated rings. The van der Waals surface area contributed by atoms with Crippen LogP contribution in [0.4, 0.5) is 19.2 Å². The molecule has 0 radical (unpaired) electrons. The molecule has 0 aromatic heterocycles. The predicted octanol–water partition coefficient (Wildman–Crippen LogP) is -5.05. The first-order valence-electron chi connectivity index (χ1n) is 18.2. The van der Waals surface area contributed by atoms with Crippen LogP contribution in [-0.2, 0) is 28.5 Å². The van der Waals surface area contributed by atoms with Gasteiger partial charge in [0.2, 0.25) is 12.2 Å². The third-order valence-corrected chi connectivity index (χ3v) is 9.46. The minimum atomic E-state index is -1.61. The van der Waals surface area contributed by atoms with Gasteiger partial charge in [0.1, 0.15) is 48.3 Å². The number of fused-ring (bicyclic) bond motifs is 1. The van der Waals surface area contributed by atoms with Gasteiger partial charge in [-0.1, -0.05) is 12.1 Å². The molecule has 0 aliphatic carbocycles. The van der Waals surface area contributed by atoms with Crippen LogP contribution in [0, 0.1) is 5.41 Å². The van der Waals surface area contributed by atoms with Crippen LogP contribution in [0.2, 0.25) is 0 Å². The second kappa shape index (κ2) is 19.5. The molecule has 4 aliphatic rings. The summed E-state index contributed by atoms with van der Waals surface area (Å²) in [4.78, 5) is 65.1. The third kappa shape index (κ3) is 11.7. The number of hydrogen-bond donors (Lipinski definition) is 14. The maximum atomic E-state index is 13.4. The molecular formula is C33H49N13O13.